The maximum absolute atomic E-state index is 13.7. The maximum Gasteiger partial charge on any atom is 0.322 e. The highest BCUT2D eigenvalue weighted by Crippen LogP contribution is 2.22. The lowest BCUT2D eigenvalue weighted by atomic mass is 10.1. The van der Waals surface area contributed by atoms with E-state index >= 15 is 0 Å². The normalized spacial score (nSPS) is 10.6. The highest BCUT2D eigenvalue weighted by atomic mass is 19.1. The Morgan fingerprint density at radius 1 is 1.27 bits per heavy atom. The van der Waals surface area contributed by atoms with Gasteiger partial charge in [0.25, 0.3) is 0 Å². The molecule has 0 spiro atoms. The van der Waals surface area contributed by atoms with Crippen LogP contribution in [-0.4, -0.2) is 33.6 Å². The van der Waals surface area contributed by atoms with Crippen LogP contribution in [-0.2, 0) is 13.1 Å². The minimum atomic E-state index is -0.385. The van der Waals surface area contributed by atoms with Crippen molar-refractivity contribution in [3.63, 3.8) is 0 Å². The number of carbonyl (C=O) groups excluding carboxylic acids is 1. The summed E-state index contributed by atoms with van der Waals surface area (Å²) in [6, 6.07) is 11.8. The Balaban J connectivity index is 1.75. The van der Waals surface area contributed by atoms with E-state index in [9.17, 15) is 9.18 Å². The number of benzene rings is 2. The van der Waals surface area contributed by atoms with Crippen LogP contribution in [0.15, 0.2) is 61.2 Å². The monoisotopic (exact) mass is 410 g/mol. The molecule has 7 heteroatoms. The van der Waals surface area contributed by atoms with Gasteiger partial charge in [-0.25, -0.2) is 14.2 Å². The summed E-state index contributed by atoms with van der Waals surface area (Å²) in [7, 11) is 0. The van der Waals surface area contributed by atoms with Gasteiger partial charge < -0.3 is 19.5 Å². The Labute approximate surface area is 176 Å². The second-order valence-electron chi connectivity index (χ2n) is 7.01. The molecular weight excluding hydrogens is 383 g/mol. The van der Waals surface area contributed by atoms with E-state index in [1.54, 1.807) is 23.5 Å². The number of imidazole rings is 1. The van der Waals surface area contributed by atoms with Crippen molar-refractivity contribution >= 4 is 11.7 Å². The van der Waals surface area contributed by atoms with Gasteiger partial charge in [0, 0.05) is 36.7 Å². The van der Waals surface area contributed by atoms with Gasteiger partial charge in [-0.3, -0.25) is 0 Å². The molecule has 3 rings (SSSR count). The molecule has 0 saturated carbocycles. The predicted molar refractivity (Wildman–Crippen MR) is 115 cm³/mol. The van der Waals surface area contributed by atoms with Crippen molar-refractivity contribution in [1.29, 1.82) is 0 Å². The van der Waals surface area contributed by atoms with E-state index in [1.165, 1.54) is 12.1 Å². The Hall–Kier alpha value is -3.35. The summed E-state index contributed by atoms with van der Waals surface area (Å²) in [6.07, 6.45) is 6.13. The van der Waals surface area contributed by atoms with Gasteiger partial charge in [-0.2, -0.15) is 0 Å². The minimum Gasteiger partial charge on any atom is -0.494 e. The summed E-state index contributed by atoms with van der Waals surface area (Å²) in [6.45, 7) is 5.98. The first-order chi connectivity index (χ1) is 14.6. The number of para-hydroxylation sites is 1. The first-order valence-corrected chi connectivity index (χ1v) is 10.1. The molecule has 2 aromatic carbocycles. The average Bonchev–Trinajstić information content (AvgIpc) is 3.25. The predicted octanol–water partition coefficient (Wildman–Crippen LogP) is 4.85. The molecule has 2 amide bonds. The van der Waals surface area contributed by atoms with E-state index in [1.807, 2.05) is 48.9 Å². The molecular formula is C23H27FN4O2. The van der Waals surface area contributed by atoms with Gasteiger partial charge in [-0.05, 0) is 44.0 Å². The molecule has 0 fully saturated rings. The Morgan fingerprint density at radius 3 is 2.87 bits per heavy atom. The molecule has 0 radical (unpaired) electrons. The van der Waals surface area contributed by atoms with Crippen LogP contribution in [0, 0.1) is 12.7 Å². The third-order valence-corrected chi connectivity index (χ3v) is 4.77. The van der Waals surface area contributed by atoms with Crippen molar-refractivity contribution in [1.82, 2.24) is 14.5 Å². The van der Waals surface area contributed by atoms with Gasteiger partial charge in [0.15, 0.2) is 0 Å². The van der Waals surface area contributed by atoms with E-state index in [-0.39, 0.29) is 11.8 Å². The Kier molecular flexibility index (Phi) is 7.43. The number of halogens is 1. The van der Waals surface area contributed by atoms with E-state index in [4.69, 9.17) is 4.74 Å². The molecule has 158 valence electrons. The fourth-order valence-electron chi connectivity index (χ4n) is 3.18. The fourth-order valence-corrected chi connectivity index (χ4v) is 3.18. The summed E-state index contributed by atoms with van der Waals surface area (Å²) in [4.78, 5) is 18.8. The van der Waals surface area contributed by atoms with Crippen molar-refractivity contribution in [2.75, 3.05) is 18.5 Å². The number of nitrogens with one attached hydrogen (secondary N) is 1. The van der Waals surface area contributed by atoms with Crippen LogP contribution < -0.4 is 10.1 Å². The number of aryl methyl sites for hydroxylation is 2. The molecule has 0 aliphatic heterocycles. The molecule has 3 aromatic rings. The van der Waals surface area contributed by atoms with Gasteiger partial charge in [0.1, 0.15) is 11.6 Å². The zero-order chi connectivity index (χ0) is 21.3. The minimum absolute atomic E-state index is 0.277. The highest BCUT2D eigenvalue weighted by molar-refractivity contribution is 5.90. The molecule has 0 unspecified atom stereocenters. The maximum atomic E-state index is 13.7. The van der Waals surface area contributed by atoms with Crippen molar-refractivity contribution in [2.45, 2.75) is 33.4 Å². The Bertz CT molecular complexity index is 960. The van der Waals surface area contributed by atoms with Crippen LogP contribution in [0.2, 0.25) is 0 Å². The number of hydrogen-bond acceptors (Lipinski definition) is 3. The van der Waals surface area contributed by atoms with Crippen molar-refractivity contribution in [3.05, 3.63) is 78.1 Å². The summed E-state index contributed by atoms with van der Waals surface area (Å²) < 4.78 is 21.3. The zero-order valence-electron chi connectivity index (χ0n) is 17.3. The van der Waals surface area contributed by atoms with Crippen molar-refractivity contribution < 1.29 is 13.9 Å². The second-order valence-corrected chi connectivity index (χ2v) is 7.01. The summed E-state index contributed by atoms with van der Waals surface area (Å²) in [5.74, 6) is 0.374. The van der Waals surface area contributed by atoms with Gasteiger partial charge in [-0.15, -0.1) is 0 Å². The lowest BCUT2D eigenvalue weighted by molar-refractivity contribution is 0.206. The van der Waals surface area contributed by atoms with Crippen LogP contribution in [0.4, 0.5) is 14.9 Å². The smallest absolute Gasteiger partial charge is 0.322 e. The molecule has 1 aromatic heterocycles. The molecule has 30 heavy (non-hydrogen) atoms. The number of urea groups is 1. The molecule has 0 aliphatic carbocycles. The molecule has 0 saturated heterocycles. The van der Waals surface area contributed by atoms with Crippen molar-refractivity contribution in [2.24, 2.45) is 0 Å². The standard InChI is InChI=1S/C23H27FN4O2/c1-3-30-22-8-5-4-7-19(22)16-28(13-6-12-27-14-11-25-17-27)23(29)26-21-15-20(24)10-9-18(21)2/h4-5,7-11,14-15,17H,3,6,12-13,16H2,1-2H3,(H,26,29). The molecule has 0 bridgehead atoms. The highest BCUT2D eigenvalue weighted by Gasteiger charge is 2.17. The summed E-state index contributed by atoms with van der Waals surface area (Å²) >= 11 is 0. The Morgan fingerprint density at radius 2 is 2.10 bits per heavy atom. The van der Waals surface area contributed by atoms with Crippen molar-refractivity contribution in [3.8, 4) is 5.75 Å². The molecule has 6 nitrogen and oxygen atoms in total. The average molecular weight is 410 g/mol. The number of hydrogen-bond donors (Lipinski definition) is 1. The fraction of sp³-hybridized carbons (Fsp3) is 0.304. The number of anilines is 1. The summed E-state index contributed by atoms with van der Waals surface area (Å²) in [5, 5.41) is 2.85. The van der Waals surface area contributed by atoms with Crippen LogP contribution in [0.1, 0.15) is 24.5 Å². The number of rotatable bonds is 9. The largest absolute Gasteiger partial charge is 0.494 e. The third kappa shape index (κ3) is 5.83. The van der Waals surface area contributed by atoms with E-state index in [0.717, 1.165) is 29.8 Å². The van der Waals surface area contributed by atoms with Gasteiger partial charge >= 0.3 is 6.03 Å². The number of ether oxygens (including phenoxy) is 1. The quantitative estimate of drug-likeness (QED) is 0.548. The molecule has 0 aliphatic rings. The summed E-state index contributed by atoms with van der Waals surface area (Å²) in [5.41, 5.74) is 2.20. The van der Waals surface area contributed by atoms with Crippen LogP contribution >= 0.6 is 0 Å². The SMILES string of the molecule is CCOc1ccccc1CN(CCCn1ccnc1)C(=O)Nc1cc(F)ccc1C. The van der Waals surface area contributed by atoms with Crippen LogP contribution in [0.3, 0.4) is 0 Å². The van der Waals surface area contributed by atoms with E-state index in [0.29, 0.717) is 25.4 Å². The third-order valence-electron chi connectivity index (χ3n) is 4.77. The number of carbonyl (C=O) groups is 1. The van der Waals surface area contributed by atoms with Crippen LogP contribution in [0.25, 0.3) is 0 Å². The second kappa shape index (κ2) is 10.4. The molecule has 1 N–H and O–H groups in total. The molecule has 0 atom stereocenters. The van der Waals surface area contributed by atoms with Crippen LogP contribution in [0.5, 0.6) is 5.75 Å². The van der Waals surface area contributed by atoms with E-state index in [2.05, 4.69) is 10.3 Å². The lowest BCUT2D eigenvalue weighted by Gasteiger charge is -2.25. The first-order valence-electron chi connectivity index (χ1n) is 10.1. The topological polar surface area (TPSA) is 59.4 Å². The van der Waals surface area contributed by atoms with Gasteiger partial charge in [0.2, 0.25) is 0 Å². The van der Waals surface area contributed by atoms with E-state index < -0.39 is 0 Å². The van der Waals surface area contributed by atoms with Gasteiger partial charge in [0.05, 0.1) is 19.5 Å². The molecule has 1 heterocycles. The lowest BCUT2D eigenvalue weighted by Crippen LogP contribution is -2.36. The number of aromatic nitrogens is 2. The number of amides is 2. The number of nitrogens with zero attached hydrogens (tertiary/aromatic N) is 3. The van der Waals surface area contributed by atoms with Gasteiger partial charge in [-0.1, -0.05) is 24.3 Å². The first kappa shape index (κ1) is 21.4. The zero-order valence-corrected chi connectivity index (χ0v) is 17.3.